The summed E-state index contributed by atoms with van der Waals surface area (Å²) in [6.07, 6.45) is 2.82. The third-order valence-corrected chi connectivity index (χ3v) is 3.56. The van der Waals surface area contributed by atoms with E-state index in [0.717, 1.165) is 0 Å². The van der Waals surface area contributed by atoms with Gasteiger partial charge in [0.05, 0.1) is 23.4 Å². The number of H-pyrrole nitrogens is 1. The molecule has 7 heteroatoms. The minimum absolute atomic E-state index is 0.116. The summed E-state index contributed by atoms with van der Waals surface area (Å²) in [7, 11) is -3.60. The zero-order valence-corrected chi connectivity index (χ0v) is 9.61. The van der Waals surface area contributed by atoms with Gasteiger partial charge in [-0.1, -0.05) is 12.1 Å². The summed E-state index contributed by atoms with van der Waals surface area (Å²) in [5, 5.41) is 15.0. The van der Waals surface area contributed by atoms with E-state index < -0.39 is 10.0 Å². The van der Waals surface area contributed by atoms with Crippen molar-refractivity contribution in [3.05, 3.63) is 42.2 Å². The second-order valence-electron chi connectivity index (χ2n) is 3.39. The number of anilines is 1. The van der Waals surface area contributed by atoms with Crippen LogP contribution < -0.4 is 4.72 Å². The topological polar surface area (TPSA) is 95.1 Å². The molecule has 0 saturated carbocycles. The van der Waals surface area contributed by atoms with Gasteiger partial charge >= 0.3 is 0 Å². The predicted octanol–water partition coefficient (Wildman–Crippen LogP) is 0.703. The van der Waals surface area contributed by atoms with Crippen LogP contribution in [0.5, 0.6) is 0 Å². The molecule has 0 spiro atoms. The van der Waals surface area contributed by atoms with E-state index in [1.165, 1.54) is 24.5 Å². The van der Waals surface area contributed by atoms with Gasteiger partial charge in [0, 0.05) is 6.20 Å². The lowest BCUT2D eigenvalue weighted by molar-refractivity contribution is 0.282. The van der Waals surface area contributed by atoms with Gasteiger partial charge < -0.3 is 5.11 Å². The van der Waals surface area contributed by atoms with Gasteiger partial charge in [-0.2, -0.15) is 5.10 Å². The molecule has 0 radical (unpaired) electrons. The number of rotatable bonds is 4. The maximum absolute atomic E-state index is 11.9. The molecule has 0 aliphatic rings. The minimum atomic E-state index is -3.60. The van der Waals surface area contributed by atoms with Crippen molar-refractivity contribution in [1.82, 2.24) is 10.2 Å². The first-order valence-corrected chi connectivity index (χ1v) is 6.31. The zero-order chi connectivity index (χ0) is 12.3. The van der Waals surface area contributed by atoms with Crippen LogP contribution in [0.1, 0.15) is 5.56 Å². The Balaban J connectivity index is 2.25. The fourth-order valence-corrected chi connectivity index (χ4v) is 2.33. The molecule has 2 rings (SSSR count). The monoisotopic (exact) mass is 253 g/mol. The van der Waals surface area contributed by atoms with Gasteiger partial charge in [0.15, 0.2) is 0 Å². The first kappa shape index (κ1) is 11.6. The molecular formula is C10H11N3O3S. The Kier molecular flexibility index (Phi) is 3.12. The third kappa shape index (κ3) is 2.63. The van der Waals surface area contributed by atoms with Crippen molar-refractivity contribution in [2.24, 2.45) is 0 Å². The molecule has 2 aromatic rings. The van der Waals surface area contributed by atoms with Crippen LogP contribution in [0.2, 0.25) is 0 Å². The number of benzene rings is 1. The highest BCUT2D eigenvalue weighted by Gasteiger charge is 2.14. The third-order valence-electron chi connectivity index (χ3n) is 2.17. The number of hydrogen-bond acceptors (Lipinski definition) is 4. The lowest BCUT2D eigenvalue weighted by Crippen LogP contribution is -2.12. The van der Waals surface area contributed by atoms with Crippen LogP contribution in [0.25, 0.3) is 0 Å². The lowest BCUT2D eigenvalue weighted by Gasteiger charge is -2.06. The molecule has 1 aromatic carbocycles. The van der Waals surface area contributed by atoms with E-state index in [9.17, 15) is 8.42 Å². The molecule has 90 valence electrons. The second-order valence-corrected chi connectivity index (χ2v) is 5.08. The standard InChI is InChI=1S/C10H11N3O3S/c14-7-8-1-3-10(4-2-8)17(15,16)13-9-5-11-12-6-9/h1-6,13-14H,7H2,(H,11,12). The number of nitrogens with one attached hydrogen (secondary N) is 2. The molecule has 17 heavy (non-hydrogen) atoms. The Morgan fingerprint density at radius 1 is 1.29 bits per heavy atom. The molecule has 1 heterocycles. The molecule has 3 N–H and O–H groups in total. The summed E-state index contributed by atoms with van der Waals surface area (Å²) >= 11 is 0. The Bertz CT molecular complexity index is 576. The molecule has 0 saturated heterocycles. The first-order valence-electron chi connectivity index (χ1n) is 4.83. The van der Waals surface area contributed by atoms with Crippen LogP contribution in [0.4, 0.5) is 5.69 Å². The zero-order valence-electron chi connectivity index (χ0n) is 8.79. The van der Waals surface area contributed by atoms with Crippen molar-refractivity contribution in [3.8, 4) is 0 Å². The van der Waals surface area contributed by atoms with Crippen LogP contribution in [0, 0.1) is 0 Å². The summed E-state index contributed by atoms with van der Waals surface area (Å²) in [5.74, 6) is 0. The Morgan fingerprint density at radius 3 is 2.53 bits per heavy atom. The normalized spacial score (nSPS) is 11.4. The number of aromatic nitrogens is 2. The highest BCUT2D eigenvalue weighted by atomic mass is 32.2. The van der Waals surface area contributed by atoms with E-state index >= 15 is 0 Å². The maximum Gasteiger partial charge on any atom is 0.261 e. The highest BCUT2D eigenvalue weighted by molar-refractivity contribution is 7.92. The fraction of sp³-hybridized carbons (Fsp3) is 0.100. The smallest absolute Gasteiger partial charge is 0.261 e. The Morgan fingerprint density at radius 2 is 2.00 bits per heavy atom. The van der Waals surface area contributed by atoms with Gasteiger partial charge in [-0.15, -0.1) is 0 Å². The molecule has 0 aliphatic heterocycles. The van der Waals surface area contributed by atoms with Crippen molar-refractivity contribution >= 4 is 15.7 Å². The summed E-state index contributed by atoms with van der Waals surface area (Å²) in [5.41, 5.74) is 1.03. The predicted molar refractivity (Wildman–Crippen MR) is 61.8 cm³/mol. The van der Waals surface area contributed by atoms with E-state index in [0.29, 0.717) is 11.3 Å². The molecule has 0 atom stereocenters. The van der Waals surface area contributed by atoms with Gasteiger partial charge in [-0.25, -0.2) is 8.42 Å². The summed E-state index contributed by atoms with van der Waals surface area (Å²) in [6.45, 7) is -0.116. The molecule has 0 amide bonds. The van der Waals surface area contributed by atoms with E-state index in [4.69, 9.17) is 5.11 Å². The van der Waals surface area contributed by atoms with Gasteiger partial charge in [0.25, 0.3) is 10.0 Å². The number of aliphatic hydroxyl groups is 1. The second kappa shape index (κ2) is 4.56. The number of aliphatic hydroxyl groups excluding tert-OH is 1. The van der Waals surface area contributed by atoms with Gasteiger partial charge in [-0.3, -0.25) is 9.82 Å². The summed E-state index contributed by atoms with van der Waals surface area (Å²) < 4.78 is 26.1. The molecular weight excluding hydrogens is 242 g/mol. The van der Waals surface area contributed by atoms with Crippen LogP contribution in [-0.2, 0) is 16.6 Å². The molecule has 0 unspecified atom stereocenters. The molecule has 6 nitrogen and oxygen atoms in total. The number of nitrogens with zero attached hydrogens (tertiary/aromatic N) is 1. The quantitative estimate of drug-likeness (QED) is 0.747. The van der Waals surface area contributed by atoms with Crippen LogP contribution in [0.3, 0.4) is 0 Å². The number of hydrogen-bond donors (Lipinski definition) is 3. The van der Waals surface area contributed by atoms with Gasteiger partial charge in [0.1, 0.15) is 0 Å². The molecule has 0 bridgehead atoms. The lowest BCUT2D eigenvalue weighted by atomic mass is 10.2. The average molecular weight is 253 g/mol. The van der Waals surface area contributed by atoms with E-state index in [1.807, 2.05) is 0 Å². The number of aromatic amines is 1. The summed E-state index contributed by atoms with van der Waals surface area (Å²) in [4.78, 5) is 0.135. The largest absolute Gasteiger partial charge is 0.392 e. The van der Waals surface area contributed by atoms with Gasteiger partial charge in [-0.05, 0) is 17.7 Å². The van der Waals surface area contributed by atoms with E-state index in [-0.39, 0.29) is 11.5 Å². The van der Waals surface area contributed by atoms with Gasteiger partial charge in [0.2, 0.25) is 0 Å². The van der Waals surface area contributed by atoms with Crippen LogP contribution >= 0.6 is 0 Å². The molecule has 0 fully saturated rings. The average Bonchev–Trinajstić information content (AvgIpc) is 2.81. The van der Waals surface area contributed by atoms with Crippen molar-refractivity contribution in [2.75, 3.05) is 4.72 Å². The minimum Gasteiger partial charge on any atom is -0.392 e. The van der Waals surface area contributed by atoms with Crippen LogP contribution in [0.15, 0.2) is 41.6 Å². The van der Waals surface area contributed by atoms with Crippen molar-refractivity contribution in [2.45, 2.75) is 11.5 Å². The first-order chi connectivity index (χ1) is 8.12. The summed E-state index contributed by atoms with van der Waals surface area (Å²) in [6, 6.07) is 6.00. The van der Waals surface area contributed by atoms with Crippen molar-refractivity contribution in [1.29, 1.82) is 0 Å². The fourth-order valence-electron chi connectivity index (χ4n) is 1.29. The van der Waals surface area contributed by atoms with E-state index in [1.54, 1.807) is 12.1 Å². The highest BCUT2D eigenvalue weighted by Crippen LogP contribution is 2.15. The number of sulfonamides is 1. The van der Waals surface area contributed by atoms with E-state index in [2.05, 4.69) is 14.9 Å². The Labute approximate surface area is 98.4 Å². The van der Waals surface area contributed by atoms with Crippen molar-refractivity contribution in [3.63, 3.8) is 0 Å². The molecule has 1 aromatic heterocycles. The van der Waals surface area contributed by atoms with Crippen molar-refractivity contribution < 1.29 is 13.5 Å². The SMILES string of the molecule is O=S(=O)(Nc1cn[nH]c1)c1ccc(CO)cc1. The molecule has 0 aliphatic carbocycles. The van der Waals surface area contributed by atoms with Crippen LogP contribution in [-0.4, -0.2) is 23.7 Å². The Hall–Kier alpha value is -1.86. The maximum atomic E-state index is 11.9.